The number of nitrogens with one attached hydrogen (secondary N) is 1. The molecule has 4 rings (SSSR count). The van der Waals surface area contributed by atoms with Crippen LogP contribution in [0.15, 0.2) is 59.4 Å². The van der Waals surface area contributed by atoms with E-state index >= 15 is 0 Å². The fourth-order valence-electron chi connectivity index (χ4n) is 3.21. The van der Waals surface area contributed by atoms with Crippen molar-refractivity contribution in [2.24, 2.45) is 0 Å². The van der Waals surface area contributed by atoms with E-state index in [0.717, 1.165) is 5.56 Å². The number of hydrogen-bond acceptors (Lipinski definition) is 6. The second-order valence-corrected chi connectivity index (χ2v) is 6.45. The summed E-state index contributed by atoms with van der Waals surface area (Å²) in [6.45, 7) is 0. The van der Waals surface area contributed by atoms with Gasteiger partial charge in [-0.15, -0.1) is 0 Å². The van der Waals surface area contributed by atoms with Crippen LogP contribution in [0.4, 0.5) is 0 Å². The maximum atomic E-state index is 13.4. The molecule has 30 heavy (non-hydrogen) atoms. The van der Waals surface area contributed by atoms with Gasteiger partial charge in [-0.2, -0.15) is 0 Å². The summed E-state index contributed by atoms with van der Waals surface area (Å²) >= 11 is 0. The van der Waals surface area contributed by atoms with Crippen molar-refractivity contribution in [3.05, 3.63) is 70.6 Å². The second kappa shape index (κ2) is 7.75. The molecule has 2 heterocycles. The molecule has 2 aromatic carbocycles. The molecule has 0 aliphatic rings. The monoisotopic (exact) mass is 405 g/mol. The fraction of sp³-hybridized carbons (Fsp3) is 0.136. The van der Waals surface area contributed by atoms with E-state index in [9.17, 15) is 9.59 Å². The van der Waals surface area contributed by atoms with Crippen molar-refractivity contribution in [2.45, 2.75) is 0 Å². The molecule has 0 saturated carbocycles. The molecule has 0 radical (unpaired) electrons. The molecule has 152 valence electrons. The SMILES string of the molecule is COC(=O)c1cc2nc(-c3ccc(OC)cc3)c(-c3ccc(OC)cc3)c(=O)n2[nH]1. The Morgan fingerprint density at radius 2 is 1.47 bits per heavy atom. The van der Waals surface area contributed by atoms with Crippen LogP contribution in [0.3, 0.4) is 0 Å². The van der Waals surface area contributed by atoms with Gasteiger partial charge in [0.25, 0.3) is 5.56 Å². The van der Waals surface area contributed by atoms with Crippen LogP contribution in [0.25, 0.3) is 28.0 Å². The molecule has 0 saturated heterocycles. The number of fused-ring (bicyclic) bond motifs is 1. The molecule has 0 spiro atoms. The zero-order valence-electron chi connectivity index (χ0n) is 16.6. The van der Waals surface area contributed by atoms with Gasteiger partial charge in [0.2, 0.25) is 0 Å². The quantitative estimate of drug-likeness (QED) is 0.513. The van der Waals surface area contributed by atoms with Crippen molar-refractivity contribution in [1.29, 1.82) is 0 Å². The Morgan fingerprint density at radius 1 is 0.900 bits per heavy atom. The predicted octanol–water partition coefficient (Wildman–Crippen LogP) is 3.16. The molecule has 0 atom stereocenters. The number of benzene rings is 2. The van der Waals surface area contributed by atoms with Crippen LogP contribution in [0.5, 0.6) is 11.5 Å². The Labute approximate surface area is 171 Å². The number of ether oxygens (including phenoxy) is 3. The topological polar surface area (TPSA) is 94.9 Å². The maximum Gasteiger partial charge on any atom is 0.356 e. The average molecular weight is 405 g/mol. The van der Waals surface area contributed by atoms with Crippen LogP contribution < -0.4 is 15.0 Å². The van der Waals surface area contributed by atoms with E-state index in [4.69, 9.17) is 14.2 Å². The van der Waals surface area contributed by atoms with Crippen LogP contribution >= 0.6 is 0 Å². The molecular weight excluding hydrogens is 386 g/mol. The first-order valence-electron chi connectivity index (χ1n) is 9.08. The Hall–Kier alpha value is -4.07. The summed E-state index contributed by atoms with van der Waals surface area (Å²) in [5.74, 6) is 0.779. The molecule has 0 unspecified atom stereocenters. The number of esters is 1. The van der Waals surface area contributed by atoms with Gasteiger partial charge < -0.3 is 14.2 Å². The van der Waals surface area contributed by atoms with Crippen LogP contribution in [-0.2, 0) is 4.74 Å². The van der Waals surface area contributed by atoms with Crippen molar-refractivity contribution in [3.8, 4) is 33.9 Å². The highest BCUT2D eigenvalue weighted by Gasteiger charge is 2.20. The smallest absolute Gasteiger partial charge is 0.356 e. The Bertz CT molecular complexity index is 1270. The minimum absolute atomic E-state index is 0.134. The van der Waals surface area contributed by atoms with Crippen molar-refractivity contribution >= 4 is 11.6 Å². The van der Waals surface area contributed by atoms with Crippen molar-refractivity contribution < 1.29 is 19.0 Å². The van der Waals surface area contributed by atoms with Gasteiger partial charge >= 0.3 is 5.97 Å². The summed E-state index contributed by atoms with van der Waals surface area (Å²) in [5, 5.41) is 2.77. The standard InChI is InChI=1S/C22H19N3O5/c1-28-15-8-4-13(5-9-15)19-20(14-6-10-16(29-2)11-7-14)23-18-12-17(22(27)30-3)24-25(18)21(19)26/h4-12,24H,1-3H3. The summed E-state index contributed by atoms with van der Waals surface area (Å²) < 4.78 is 16.4. The van der Waals surface area contributed by atoms with Crippen LogP contribution in [0, 0.1) is 0 Å². The van der Waals surface area contributed by atoms with Crippen LogP contribution in [-0.4, -0.2) is 41.9 Å². The summed E-state index contributed by atoms with van der Waals surface area (Å²) in [7, 11) is 4.44. The largest absolute Gasteiger partial charge is 0.497 e. The molecule has 0 bridgehead atoms. The van der Waals surface area contributed by atoms with E-state index < -0.39 is 5.97 Å². The number of hydrogen-bond donors (Lipinski definition) is 1. The first-order valence-corrected chi connectivity index (χ1v) is 9.08. The van der Waals surface area contributed by atoms with Gasteiger partial charge in [-0.1, -0.05) is 12.1 Å². The number of methoxy groups -OCH3 is 3. The number of aromatic amines is 1. The average Bonchev–Trinajstić information content (AvgIpc) is 3.23. The summed E-state index contributed by atoms with van der Waals surface area (Å²) in [5.41, 5.74) is 2.39. The van der Waals surface area contributed by atoms with E-state index in [0.29, 0.717) is 34.0 Å². The first-order chi connectivity index (χ1) is 14.5. The third-order valence-corrected chi connectivity index (χ3v) is 4.76. The van der Waals surface area contributed by atoms with Crippen molar-refractivity contribution in [1.82, 2.24) is 14.6 Å². The maximum absolute atomic E-state index is 13.4. The molecule has 0 aliphatic heterocycles. The molecule has 0 fully saturated rings. The number of rotatable bonds is 5. The van der Waals surface area contributed by atoms with E-state index in [-0.39, 0.29) is 11.3 Å². The third-order valence-electron chi connectivity index (χ3n) is 4.76. The molecule has 2 aromatic heterocycles. The number of aromatic nitrogens is 3. The van der Waals surface area contributed by atoms with Gasteiger partial charge in [0.1, 0.15) is 17.2 Å². The van der Waals surface area contributed by atoms with Crippen molar-refractivity contribution in [3.63, 3.8) is 0 Å². The highest BCUT2D eigenvalue weighted by atomic mass is 16.5. The van der Waals surface area contributed by atoms with Crippen LogP contribution in [0.1, 0.15) is 10.5 Å². The normalized spacial score (nSPS) is 10.8. The molecule has 0 aliphatic carbocycles. The fourth-order valence-corrected chi connectivity index (χ4v) is 3.21. The molecule has 8 nitrogen and oxygen atoms in total. The lowest BCUT2D eigenvalue weighted by Gasteiger charge is -2.11. The molecule has 4 aromatic rings. The summed E-state index contributed by atoms with van der Waals surface area (Å²) in [4.78, 5) is 30.0. The number of carbonyl (C=O) groups is 1. The highest BCUT2D eigenvalue weighted by molar-refractivity contribution is 5.89. The number of carbonyl (C=O) groups excluding carboxylic acids is 1. The molecule has 0 amide bonds. The molecule has 1 N–H and O–H groups in total. The van der Waals surface area contributed by atoms with Gasteiger partial charge in [-0.3, -0.25) is 9.89 Å². The van der Waals surface area contributed by atoms with Gasteiger partial charge in [0.05, 0.1) is 32.6 Å². The zero-order chi connectivity index (χ0) is 21.3. The van der Waals surface area contributed by atoms with E-state index in [1.165, 1.54) is 17.7 Å². The Morgan fingerprint density at radius 3 is 2.00 bits per heavy atom. The second-order valence-electron chi connectivity index (χ2n) is 6.45. The molecular formula is C22H19N3O5. The lowest BCUT2D eigenvalue weighted by atomic mass is 10.00. The van der Waals surface area contributed by atoms with Crippen molar-refractivity contribution in [2.75, 3.05) is 21.3 Å². The number of H-pyrrole nitrogens is 1. The molecule has 8 heteroatoms. The zero-order valence-corrected chi connectivity index (χ0v) is 16.6. The van der Waals surface area contributed by atoms with E-state index in [2.05, 4.69) is 10.1 Å². The van der Waals surface area contributed by atoms with Gasteiger partial charge in [0.15, 0.2) is 5.65 Å². The van der Waals surface area contributed by atoms with Gasteiger partial charge in [-0.05, 0) is 42.0 Å². The first kappa shape index (κ1) is 19.3. The minimum Gasteiger partial charge on any atom is -0.497 e. The van der Waals surface area contributed by atoms with E-state index in [1.807, 2.05) is 12.1 Å². The number of nitrogens with zero attached hydrogens (tertiary/aromatic N) is 2. The Balaban J connectivity index is 2.00. The van der Waals surface area contributed by atoms with Crippen LogP contribution in [0.2, 0.25) is 0 Å². The lowest BCUT2D eigenvalue weighted by molar-refractivity contribution is 0.0593. The Kier molecular flexibility index (Phi) is 4.97. The third kappa shape index (κ3) is 3.28. The summed E-state index contributed by atoms with van der Waals surface area (Å²) in [6.07, 6.45) is 0. The van der Waals surface area contributed by atoms with E-state index in [1.54, 1.807) is 50.6 Å². The highest BCUT2D eigenvalue weighted by Crippen LogP contribution is 2.30. The predicted molar refractivity (Wildman–Crippen MR) is 111 cm³/mol. The minimum atomic E-state index is -0.586. The van der Waals surface area contributed by atoms with Gasteiger partial charge in [0, 0.05) is 11.6 Å². The lowest BCUT2D eigenvalue weighted by Crippen LogP contribution is -2.19. The van der Waals surface area contributed by atoms with Gasteiger partial charge in [-0.25, -0.2) is 14.3 Å². The summed E-state index contributed by atoms with van der Waals surface area (Å²) in [6, 6.07) is 15.9.